The van der Waals surface area contributed by atoms with E-state index in [1.54, 1.807) is 12.1 Å². The molecule has 4 heteroatoms. The zero-order valence-electron chi connectivity index (χ0n) is 17.5. The van der Waals surface area contributed by atoms with Gasteiger partial charge in [-0.2, -0.15) is 0 Å². The fourth-order valence-electron chi connectivity index (χ4n) is 4.23. The first-order valence-corrected chi connectivity index (χ1v) is 10.7. The van der Waals surface area contributed by atoms with Crippen LogP contribution in [0.15, 0.2) is 54.6 Å². The predicted molar refractivity (Wildman–Crippen MR) is 117 cm³/mol. The van der Waals surface area contributed by atoms with Gasteiger partial charge < -0.3 is 0 Å². The molecule has 0 saturated heterocycles. The smallest absolute Gasteiger partial charge is 0.137 e. The molecule has 0 atom stereocenters. The summed E-state index contributed by atoms with van der Waals surface area (Å²) in [5.41, 5.74) is 3.24. The van der Waals surface area contributed by atoms with Crippen molar-refractivity contribution in [2.45, 2.75) is 45.4 Å². The monoisotopic (exact) mass is 424 g/mol. The Morgan fingerprint density at radius 1 is 0.839 bits per heavy atom. The first kappa shape index (κ1) is 21.4. The van der Waals surface area contributed by atoms with Crippen LogP contribution in [0.25, 0.3) is 16.7 Å². The van der Waals surface area contributed by atoms with Crippen LogP contribution in [0, 0.1) is 23.3 Å². The lowest BCUT2D eigenvalue weighted by Crippen LogP contribution is -2.09. The Balaban J connectivity index is 1.61. The van der Waals surface area contributed by atoms with Crippen LogP contribution in [0.4, 0.5) is 17.6 Å². The lowest BCUT2D eigenvalue weighted by atomic mass is 9.85. The van der Waals surface area contributed by atoms with E-state index in [0.717, 1.165) is 36.8 Å². The fraction of sp³-hybridized carbons (Fsp3) is 0.259. The Hall–Kier alpha value is -2.88. The average Bonchev–Trinajstić information content (AvgIpc) is 2.75. The summed E-state index contributed by atoms with van der Waals surface area (Å²) in [5.74, 6) is -2.10. The Kier molecular flexibility index (Phi) is 6.26. The molecule has 1 aliphatic rings. The van der Waals surface area contributed by atoms with Crippen LogP contribution in [0.5, 0.6) is 0 Å². The molecule has 1 aliphatic carbocycles. The van der Waals surface area contributed by atoms with E-state index in [1.165, 1.54) is 30.3 Å². The second-order valence-electron chi connectivity index (χ2n) is 8.07. The van der Waals surface area contributed by atoms with Gasteiger partial charge >= 0.3 is 0 Å². The largest absolute Gasteiger partial charge is 0.207 e. The lowest BCUT2D eigenvalue weighted by molar-refractivity contribution is 0.576. The van der Waals surface area contributed by atoms with Gasteiger partial charge in [0.15, 0.2) is 0 Å². The van der Waals surface area contributed by atoms with Crippen LogP contribution < -0.4 is 0 Å². The van der Waals surface area contributed by atoms with Crippen LogP contribution in [0.1, 0.15) is 48.4 Å². The van der Waals surface area contributed by atoms with Gasteiger partial charge in [-0.25, -0.2) is 17.6 Å². The summed E-state index contributed by atoms with van der Waals surface area (Å²) in [6.07, 6.45) is 6.43. The minimum Gasteiger partial charge on any atom is -0.207 e. The molecular formula is C27H24F4. The molecule has 0 N–H and O–H groups in total. The molecule has 0 aliphatic heterocycles. The highest BCUT2D eigenvalue weighted by molar-refractivity contribution is 5.74. The summed E-state index contributed by atoms with van der Waals surface area (Å²) < 4.78 is 57.9. The molecule has 0 nitrogen and oxygen atoms in total. The third kappa shape index (κ3) is 4.43. The second kappa shape index (κ2) is 9.09. The summed E-state index contributed by atoms with van der Waals surface area (Å²) >= 11 is 0. The van der Waals surface area contributed by atoms with Crippen LogP contribution in [-0.4, -0.2) is 0 Å². The molecule has 0 unspecified atom stereocenters. The summed E-state index contributed by atoms with van der Waals surface area (Å²) in [6.45, 7) is 2.13. The van der Waals surface area contributed by atoms with E-state index in [4.69, 9.17) is 0 Å². The number of hydrogen-bond acceptors (Lipinski definition) is 0. The van der Waals surface area contributed by atoms with Gasteiger partial charge in [0.2, 0.25) is 0 Å². The second-order valence-corrected chi connectivity index (χ2v) is 8.07. The standard InChI is InChI=1S/C27H24F4/c1-2-3-4-5-17-6-12-22(24(29)14-17)19-9-13-23-20(15-19)16-25(30)26(27(23)31)18-7-10-21(28)11-8-18/h6-12,14,16H,2-5,13,15H2,1H3. The van der Waals surface area contributed by atoms with Crippen LogP contribution in [0.3, 0.4) is 0 Å². The zero-order valence-corrected chi connectivity index (χ0v) is 17.5. The van der Waals surface area contributed by atoms with Gasteiger partial charge in [0, 0.05) is 5.56 Å². The van der Waals surface area contributed by atoms with Gasteiger partial charge in [-0.3, -0.25) is 0 Å². The van der Waals surface area contributed by atoms with Crippen LogP contribution in [-0.2, 0) is 19.3 Å². The first-order valence-electron chi connectivity index (χ1n) is 10.7. The molecular weight excluding hydrogens is 400 g/mol. The van der Waals surface area contributed by atoms with Gasteiger partial charge in [-0.1, -0.05) is 50.1 Å². The average molecular weight is 424 g/mol. The molecule has 0 saturated carbocycles. The van der Waals surface area contributed by atoms with Gasteiger partial charge in [0.05, 0.1) is 5.56 Å². The van der Waals surface area contributed by atoms with E-state index >= 15 is 4.39 Å². The van der Waals surface area contributed by atoms with Crippen molar-refractivity contribution < 1.29 is 17.6 Å². The van der Waals surface area contributed by atoms with Crippen molar-refractivity contribution in [3.8, 4) is 11.1 Å². The van der Waals surface area contributed by atoms with Crippen LogP contribution >= 0.6 is 0 Å². The zero-order chi connectivity index (χ0) is 22.0. The first-order chi connectivity index (χ1) is 15.0. The van der Waals surface area contributed by atoms with Gasteiger partial charge in [-0.05, 0) is 77.8 Å². The van der Waals surface area contributed by atoms with Crippen molar-refractivity contribution in [2.24, 2.45) is 0 Å². The fourth-order valence-corrected chi connectivity index (χ4v) is 4.23. The summed E-state index contributed by atoms with van der Waals surface area (Å²) in [6, 6.07) is 11.7. The Bertz CT molecular complexity index is 1130. The molecule has 0 aromatic heterocycles. The van der Waals surface area contributed by atoms with E-state index < -0.39 is 17.5 Å². The Labute approximate surface area is 180 Å². The predicted octanol–water partition coefficient (Wildman–Crippen LogP) is 7.82. The van der Waals surface area contributed by atoms with E-state index in [9.17, 15) is 13.2 Å². The summed E-state index contributed by atoms with van der Waals surface area (Å²) in [4.78, 5) is 0. The Morgan fingerprint density at radius 2 is 1.61 bits per heavy atom. The molecule has 0 fully saturated rings. The van der Waals surface area contributed by atoms with E-state index in [1.807, 2.05) is 12.1 Å². The third-order valence-corrected chi connectivity index (χ3v) is 5.93. The normalized spacial score (nSPS) is 13.1. The number of hydrogen-bond donors (Lipinski definition) is 0. The maximum atomic E-state index is 15.2. The molecule has 160 valence electrons. The minimum absolute atomic E-state index is 0.154. The van der Waals surface area contributed by atoms with E-state index in [-0.39, 0.29) is 24.2 Å². The highest BCUT2D eigenvalue weighted by atomic mass is 19.1. The molecule has 3 aromatic rings. The number of unbranched alkanes of at least 4 members (excludes halogenated alkanes) is 2. The van der Waals surface area contributed by atoms with Gasteiger partial charge in [0.25, 0.3) is 0 Å². The maximum Gasteiger partial charge on any atom is 0.137 e. The topological polar surface area (TPSA) is 0 Å². The number of fused-ring (bicyclic) bond motifs is 1. The molecule has 3 aromatic carbocycles. The quantitative estimate of drug-likeness (QED) is 0.279. The number of rotatable bonds is 6. The van der Waals surface area contributed by atoms with Crippen molar-refractivity contribution in [1.29, 1.82) is 0 Å². The van der Waals surface area contributed by atoms with Crippen molar-refractivity contribution in [3.63, 3.8) is 0 Å². The molecule has 0 heterocycles. The number of benzene rings is 3. The van der Waals surface area contributed by atoms with Crippen molar-refractivity contribution in [1.82, 2.24) is 0 Å². The van der Waals surface area contributed by atoms with E-state index in [0.29, 0.717) is 22.3 Å². The van der Waals surface area contributed by atoms with Crippen molar-refractivity contribution >= 4 is 5.57 Å². The van der Waals surface area contributed by atoms with Crippen molar-refractivity contribution in [3.05, 3.63) is 100 Å². The molecule has 4 rings (SSSR count). The molecule has 0 radical (unpaired) electrons. The molecule has 0 amide bonds. The maximum absolute atomic E-state index is 15.2. The third-order valence-electron chi connectivity index (χ3n) is 5.93. The molecule has 31 heavy (non-hydrogen) atoms. The number of allylic oxidation sites excluding steroid dienone is 2. The number of halogens is 4. The van der Waals surface area contributed by atoms with Crippen molar-refractivity contribution in [2.75, 3.05) is 0 Å². The SMILES string of the molecule is CCCCCc1ccc(C2=CCc3c(cc(F)c(-c4ccc(F)cc4)c3F)C2)c(F)c1. The minimum atomic E-state index is -0.698. The van der Waals surface area contributed by atoms with E-state index in [2.05, 4.69) is 6.92 Å². The van der Waals surface area contributed by atoms with Gasteiger partial charge in [-0.15, -0.1) is 0 Å². The summed E-state index contributed by atoms with van der Waals surface area (Å²) in [5, 5.41) is 0. The lowest BCUT2D eigenvalue weighted by Gasteiger charge is -2.21. The van der Waals surface area contributed by atoms with Gasteiger partial charge in [0.1, 0.15) is 23.3 Å². The molecule has 0 bridgehead atoms. The number of aryl methyl sites for hydroxylation is 1. The Morgan fingerprint density at radius 3 is 2.32 bits per heavy atom. The highest BCUT2D eigenvalue weighted by Crippen LogP contribution is 2.36. The van der Waals surface area contributed by atoms with Crippen LogP contribution in [0.2, 0.25) is 0 Å². The highest BCUT2D eigenvalue weighted by Gasteiger charge is 2.23. The summed E-state index contributed by atoms with van der Waals surface area (Å²) in [7, 11) is 0. The molecule has 0 spiro atoms.